The van der Waals surface area contributed by atoms with Crippen molar-refractivity contribution in [3.63, 3.8) is 0 Å². The van der Waals surface area contributed by atoms with Crippen LogP contribution in [0.15, 0.2) is 10.1 Å². The van der Waals surface area contributed by atoms with Crippen molar-refractivity contribution >= 4 is 29.7 Å². The molecule has 2 aliphatic heterocycles. The number of β-lactam (4-membered cyclic amide) rings is 1. The number of carbonyl (C=O) groups is 2. The number of aromatic nitrogens is 2. The molecule has 2 aliphatic rings. The lowest BCUT2D eigenvalue weighted by Gasteiger charge is -2.38. The van der Waals surface area contributed by atoms with Crippen molar-refractivity contribution in [1.29, 1.82) is 0 Å². The summed E-state index contributed by atoms with van der Waals surface area (Å²) in [6.45, 7) is 1.66. The van der Waals surface area contributed by atoms with E-state index in [1.807, 2.05) is 0 Å². The standard InChI is InChI=1S/C10H9N3O4S/c1-4-11-7(12-17-4)2-5-8(14)13-6(10(15)16)3-18-9(5)13/h2,6,9H,3H2,1H3,(H,15,16)/t6?,9-/m1/s1. The number of carboxylic acid groups (broad SMARTS) is 1. The summed E-state index contributed by atoms with van der Waals surface area (Å²) < 4.78 is 4.81. The molecule has 2 fully saturated rings. The second kappa shape index (κ2) is 3.84. The van der Waals surface area contributed by atoms with Gasteiger partial charge in [0.1, 0.15) is 11.4 Å². The van der Waals surface area contributed by atoms with Gasteiger partial charge in [0.2, 0.25) is 5.89 Å². The highest BCUT2D eigenvalue weighted by Crippen LogP contribution is 2.43. The molecule has 1 amide bonds. The molecule has 3 rings (SSSR count). The highest BCUT2D eigenvalue weighted by atomic mass is 32.2. The van der Waals surface area contributed by atoms with Gasteiger partial charge in [0, 0.05) is 12.7 Å². The SMILES string of the molecule is Cc1nc(C=C2C(=O)N3C(C(=O)O)CS[C@H]23)no1. The highest BCUT2D eigenvalue weighted by Gasteiger charge is 2.53. The van der Waals surface area contributed by atoms with Gasteiger partial charge in [-0.1, -0.05) is 5.16 Å². The molecule has 0 saturated carbocycles. The molecule has 0 radical (unpaired) electrons. The van der Waals surface area contributed by atoms with Crippen LogP contribution in [0.4, 0.5) is 0 Å². The predicted octanol–water partition coefficient (Wildman–Crippen LogP) is 0.130. The molecule has 0 aromatic carbocycles. The quantitative estimate of drug-likeness (QED) is 0.601. The maximum atomic E-state index is 11.9. The molecule has 1 aromatic heterocycles. The molecular formula is C10H9N3O4S. The zero-order valence-electron chi connectivity index (χ0n) is 9.36. The lowest BCUT2D eigenvalue weighted by Crippen LogP contribution is -2.56. The Bertz CT molecular complexity index is 567. The molecule has 2 atom stereocenters. The second-order valence-corrected chi connectivity index (χ2v) is 5.14. The fraction of sp³-hybridized carbons (Fsp3) is 0.400. The lowest BCUT2D eigenvalue weighted by molar-refractivity contribution is -0.150. The summed E-state index contributed by atoms with van der Waals surface area (Å²) in [5.41, 5.74) is 0.532. The van der Waals surface area contributed by atoms with Crippen molar-refractivity contribution in [3.8, 4) is 0 Å². The molecule has 3 heterocycles. The first-order valence-electron chi connectivity index (χ1n) is 5.27. The first-order chi connectivity index (χ1) is 8.58. The molecule has 0 aliphatic carbocycles. The Hall–Kier alpha value is -1.83. The number of aliphatic carboxylic acids is 1. The maximum Gasteiger partial charge on any atom is 0.327 e. The van der Waals surface area contributed by atoms with E-state index < -0.39 is 12.0 Å². The molecule has 0 spiro atoms. The van der Waals surface area contributed by atoms with Gasteiger partial charge in [-0.25, -0.2) is 4.79 Å². The second-order valence-electron chi connectivity index (χ2n) is 4.02. The van der Waals surface area contributed by atoms with Gasteiger partial charge >= 0.3 is 5.97 Å². The molecule has 18 heavy (non-hydrogen) atoms. The summed E-state index contributed by atoms with van der Waals surface area (Å²) in [5, 5.41) is 12.5. The number of nitrogens with zero attached hydrogens (tertiary/aromatic N) is 3. The third-order valence-electron chi connectivity index (χ3n) is 2.86. The summed E-state index contributed by atoms with van der Waals surface area (Å²) in [5.74, 6) is -0.0514. The summed E-state index contributed by atoms with van der Waals surface area (Å²) in [6, 6.07) is -0.725. The minimum Gasteiger partial charge on any atom is -0.480 e. The van der Waals surface area contributed by atoms with Crippen molar-refractivity contribution in [1.82, 2.24) is 15.0 Å². The molecule has 1 aromatic rings. The minimum atomic E-state index is -0.965. The minimum absolute atomic E-state index is 0.197. The van der Waals surface area contributed by atoms with Crippen LogP contribution in [0.5, 0.6) is 0 Å². The van der Waals surface area contributed by atoms with E-state index in [4.69, 9.17) is 9.63 Å². The van der Waals surface area contributed by atoms with E-state index in [-0.39, 0.29) is 11.3 Å². The van der Waals surface area contributed by atoms with Crippen LogP contribution in [0.3, 0.4) is 0 Å². The Labute approximate surface area is 106 Å². The van der Waals surface area contributed by atoms with Crippen LogP contribution >= 0.6 is 11.8 Å². The number of aryl methyl sites for hydroxylation is 1. The predicted molar refractivity (Wildman–Crippen MR) is 61.5 cm³/mol. The van der Waals surface area contributed by atoms with Gasteiger partial charge in [-0.3, -0.25) is 4.79 Å². The van der Waals surface area contributed by atoms with Gasteiger partial charge < -0.3 is 14.5 Å². The van der Waals surface area contributed by atoms with Crippen LogP contribution in [0.25, 0.3) is 6.08 Å². The third kappa shape index (κ3) is 1.52. The van der Waals surface area contributed by atoms with E-state index >= 15 is 0 Å². The van der Waals surface area contributed by atoms with Gasteiger partial charge in [0.15, 0.2) is 5.82 Å². The van der Waals surface area contributed by atoms with Crippen LogP contribution in [-0.4, -0.2) is 49.2 Å². The van der Waals surface area contributed by atoms with Crippen molar-refractivity contribution in [2.75, 3.05) is 5.75 Å². The van der Waals surface area contributed by atoms with Gasteiger partial charge in [0.25, 0.3) is 5.91 Å². The molecule has 0 bridgehead atoms. The van der Waals surface area contributed by atoms with Crippen molar-refractivity contribution in [2.24, 2.45) is 0 Å². The van der Waals surface area contributed by atoms with Gasteiger partial charge in [0.05, 0.1) is 5.57 Å². The van der Waals surface area contributed by atoms with Crippen LogP contribution in [0.1, 0.15) is 11.7 Å². The molecule has 1 unspecified atom stereocenters. The van der Waals surface area contributed by atoms with E-state index in [0.717, 1.165) is 0 Å². The fourth-order valence-corrected chi connectivity index (χ4v) is 3.44. The molecule has 8 heteroatoms. The highest BCUT2D eigenvalue weighted by molar-refractivity contribution is 8.00. The number of fused-ring (bicyclic) bond motifs is 1. The zero-order chi connectivity index (χ0) is 12.9. The van der Waals surface area contributed by atoms with Gasteiger partial charge in [-0.05, 0) is 6.08 Å². The van der Waals surface area contributed by atoms with E-state index in [0.29, 0.717) is 23.0 Å². The van der Waals surface area contributed by atoms with Crippen LogP contribution in [-0.2, 0) is 9.59 Å². The summed E-state index contributed by atoms with van der Waals surface area (Å²) in [6.07, 6.45) is 1.55. The van der Waals surface area contributed by atoms with Crippen LogP contribution < -0.4 is 0 Å². The Kier molecular flexibility index (Phi) is 2.40. The number of amides is 1. The average molecular weight is 267 g/mol. The summed E-state index contributed by atoms with van der Waals surface area (Å²) >= 11 is 1.44. The molecular weight excluding hydrogens is 258 g/mol. The van der Waals surface area contributed by atoms with E-state index in [1.165, 1.54) is 16.7 Å². The van der Waals surface area contributed by atoms with Crippen molar-refractivity contribution in [2.45, 2.75) is 18.3 Å². The van der Waals surface area contributed by atoms with Crippen LogP contribution in [0, 0.1) is 6.92 Å². The Morgan fingerprint density at radius 1 is 1.67 bits per heavy atom. The van der Waals surface area contributed by atoms with Gasteiger partial charge in [-0.15, -0.1) is 11.8 Å². The Balaban J connectivity index is 1.84. The van der Waals surface area contributed by atoms with Crippen molar-refractivity contribution < 1.29 is 19.2 Å². The molecule has 1 N–H and O–H groups in total. The molecule has 2 saturated heterocycles. The average Bonchev–Trinajstić information content (AvgIpc) is 2.89. The number of hydrogen-bond acceptors (Lipinski definition) is 6. The van der Waals surface area contributed by atoms with Crippen LogP contribution in [0.2, 0.25) is 0 Å². The number of carbonyl (C=O) groups excluding carboxylic acids is 1. The zero-order valence-corrected chi connectivity index (χ0v) is 10.2. The van der Waals surface area contributed by atoms with Gasteiger partial charge in [-0.2, -0.15) is 4.98 Å². The normalized spacial score (nSPS) is 28.4. The number of thioether (sulfide) groups is 1. The topological polar surface area (TPSA) is 96.5 Å². The summed E-state index contributed by atoms with van der Waals surface area (Å²) in [7, 11) is 0. The number of rotatable bonds is 2. The monoisotopic (exact) mass is 267 g/mol. The smallest absolute Gasteiger partial charge is 0.327 e. The number of hydrogen-bond donors (Lipinski definition) is 1. The fourth-order valence-electron chi connectivity index (χ4n) is 2.02. The maximum absolute atomic E-state index is 11.9. The molecule has 94 valence electrons. The molecule has 7 nitrogen and oxygen atoms in total. The largest absolute Gasteiger partial charge is 0.480 e. The van der Waals surface area contributed by atoms with E-state index in [1.54, 1.807) is 13.0 Å². The Morgan fingerprint density at radius 2 is 2.44 bits per heavy atom. The van der Waals surface area contributed by atoms with E-state index in [9.17, 15) is 9.59 Å². The first kappa shape index (κ1) is 11.3. The van der Waals surface area contributed by atoms with E-state index in [2.05, 4.69) is 10.1 Å². The summed E-state index contributed by atoms with van der Waals surface area (Å²) in [4.78, 5) is 28.2. The Morgan fingerprint density at radius 3 is 3.06 bits per heavy atom. The third-order valence-corrected chi connectivity index (χ3v) is 4.17. The number of carboxylic acids is 1. The van der Waals surface area contributed by atoms with Crippen molar-refractivity contribution in [3.05, 3.63) is 17.3 Å². The first-order valence-corrected chi connectivity index (χ1v) is 6.32. The lowest BCUT2D eigenvalue weighted by atomic mass is 10.0.